The molecule has 3 aromatic rings. The van der Waals surface area contributed by atoms with E-state index in [2.05, 4.69) is 61.0 Å². The summed E-state index contributed by atoms with van der Waals surface area (Å²) in [6.45, 7) is 13.2. The Bertz CT molecular complexity index is 1360. The van der Waals surface area contributed by atoms with Crippen LogP contribution in [0.3, 0.4) is 0 Å². The van der Waals surface area contributed by atoms with Gasteiger partial charge in [0.05, 0.1) is 17.5 Å². The molecule has 1 saturated heterocycles. The maximum absolute atomic E-state index is 13.0. The average molecular weight is 606 g/mol. The lowest BCUT2D eigenvalue weighted by Gasteiger charge is -2.24. The van der Waals surface area contributed by atoms with Gasteiger partial charge in [0.25, 0.3) is 11.8 Å². The summed E-state index contributed by atoms with van der Waals surface area (Å²) in [6.07, 6.45) is 1.60. The summed E-state index contributed by atoms with van der Waals surface area (Å²) in [7, 11) is 0. The van der Waals surface area contributed by atoms with Crippen molar-refractivity contribution in [3.63, 3.8) is 0 Å². The van der Waals surface area contributed by atoms with E-state index in [1.807, 2.05) is 56.3 Å². The Kier molecular flexibility index (Phi) is 10.2. The second-order valence-corrected chi connectivity index (χ2v) is 10.9. The van der Waals surface area contributed by atoms with Crippen molar-refractivity contribution >= 4 is 39.6 Å². The van der Waals surface area contributed by atoms with Crippen LogP contribution in [0.4, 0.5) is 5.69 Å². The van der Waals surface area contributed by atoms with Crippen molar-refractivity contribution < 1.29 is 9.59 Å². The minimum atomic E-state index is -0.423. The number of hydrogen-bond acceptors (Lipinski definition) is 6. The number of likely N-dealkylation sites (N-methyl/N-ethyl adjacent to an activating group) is 2. The quantitative estimate of drug-likeness (QED) is 0.221. The molecule has 8 nitrogen and oxygen atoms in total. The molecular weight excluding hydrogens is 568 g/mol. The smallest absolute Gasteiger partial charge is 0.273 e. The maximum Gasteiger partial charge on any atom is 0.273 e. The number of benzene rings is 3. The van der Waals surface area contributed by atoms with Gasteiger partial charge in [-0.25, -0.2) is 15.4 Å². The Morgan fingerprint density at radius 1 is 0.925 bits per heavy atom. The van der Waals surface area contributed by atoms with Gasteiger partial charge < -0.3 is 10.6 Å². The zero-order chi connectivity index (χ0) is 28.6. The van der Waals surface area contributed by atoms with E-state index < -0.39 is 5.91 Å². The molecular formula is C31H37BrN6O2. The number of carbonyl (C=O) groups is 2. The molecule has 1 aliphatic rings. The summed E-state index contributed by atoms with van der Waals surface area (Å²) in [5.41, 5.74) is 8.13. The number of nitrogens with one attached hydrogen (secondary N) is 3. The third-order valence-corrected chi connectivity index (χ3v) is 7.68. The predicted molar refractivity (Wildman–Crippen MR) is 165 cm³/mol. The lowest BCUT2D eigenvalue weighted by atomic mass is 10.1. The molecule has 1 heterocycles. The molecule has 0 aromatic heterocycles. The van der Waals surface area contributed by atoms with Gasteiger partial charge in [0.2, 0.25) is 0 Å². The highest BCUT2D eigenvalue weighted by Crippen LogP contribution is 2.22. The number of halogens is 1. The van der Waals surface area contributed by atoms with Gasteiger partial charge in [-0.2, -0.15) is 5.10 Å². The first-order valence-electron chi connectivity index (χ1n) is 13.6. The molecule has 210 valence electrons. The molecule has 0 unspecified atom stereocenters. The van der Waals surface area contributed by atoms with Crippen LogP contribution in [0.15, 0.2) is 70.2 Å². The molecule has 2 amide bonds. The second-order valence-electron chi connectivity index (χ2n) is 9.97. The van der Waals surface area contributed by atoms with Gasteiger partial charge in [0, 0.05) is 48.8 Å². The fraction of sp³-hybridized carbons (Fsp3) is 0.323. The Morgan fingerprint density at radius 3 is 2.27 bits per heavy atom. The Hall–Kier alpha value is -3.37. The van der Waals surface area contributed by atoms with Crippen LogP contribution in [0.25, 0.3) is 0 Å². The molecule has 0 spiro atoms. The first kappa shape index (κ1) is 29.6. The van der Waals surface area contributed by atoms with Gasteiger partial charge in [-0.1, -0.05) is 60.1 Å². The Labute approximate surface area is 244 Å². The van der Waals surface area contributed by atoms with Crippen molar-refractivity contribution in [3.8, 4) is 0 Å². The number of rotatable bonds is 10. The number of anilines is 1. The van der Waals surface area contributed by atoms with Crippen LogP contribution in [0.5, 0.6) is 0 Å². The van der Waals surface area contributed by atoms with E-state index in [-0.39, 0.29) is 5.91 Å². The monoisotopic (exact) mass is 604 g/mol. The van der Waals surface area contributed by atoms with Gasteiger partial charge in [-0.05, 0) is 66.4 Å². The van der Waals surface area contributed by atoms with Gasteiger partial charge in [-0.15, -0.1) is 0 Å². The lowest BCUT2D eigenvalue weighted by molar-refractivity contribution is 0.0388. The largest absolute Gasteiger partial charge is 0.321 e. The highest BCUT2D eigenvalue weighted by atomic mass is 79.9. The summed E-state index contributed by atoms with van der Waals surface area (Å²) in [5, 5.41) is 15.4. The highest BCUT2D eigenvalue weighted by Gasteiger charge is 2.27. The first-order chi connectivity index (χ1) is 19.3. The third-order valence-electron chi connectivity index (χ3n) is 7.19. The molecule has 1 aliphatic heterocycles. The van der Waals surface area contributed by atoms with Gasteiger partial charge in [0.1, 0.15) is 0 Å². The molecule has 9 heteroatoms. The van der Waals surface area contributed by atoms with E-state index in [0.717, 1.165) is 53.9 Å². The normalized spacial score (nSPS) is 14.6. The average Bonchev–Trinajstić information content (AvgIpc) is 3.37. The topological polar surface area (TPSA) is 89.1 Å². The summed E-state index contributed by atoms with van der Waals surface area (Å²) >= 11 is 3.41. The summed E-state index contributed by atoms with van der Waals surface area (Å²) in [6, 6.07) is 19.1. The molecule has 0 bridgehead atoms. The van der Waals surface area contributed by atoms with Crippen LogP contribution in [0.2, 0.25) is 0 Å². The van der Waals surface area contributed by atoms with Crippen LogP contribution in [-0.4, -0.2) is 60.3 Å². The number of hydrazone groups is 1. The number of nitrogens with zero attached hydrogens (tertiary/aromatic N) is 3. The molecule has 0 radical (unpaired) electrons. The SMILES string of the molecule is CCN1CC(NCc2ccc(C(=O)Nc3ccc(Br)cc3C(=O)N/N=C/c3ccc(C)c(C)c3)cc2)CN1CC. The van der Waals surface area contributed by atoms with E-state index in [9.17, 15) is 9.59 Å². The summed E-state index contributed by atoms with van der Waals surface area (Å²) in [4.78, 5) is 26.0. The Morgan fingerprint density at radius 2 is 1.62 bits per heavy atom. The Balaban J connectivity index is 1.36. The molecule has 0 saturated carbocycles. The molecule has 0 aliphatic carbocycles. The zero-order valence-corrected chi connectivity index (χ0v) is 25.1. The van der Waals surface area contributed by atoms with Crippen molar-refractivity contribution in [2.24, 2.45) is 5.10 Å². The number of hydrazine groups is 1. The van der Waals surface area contributed by atoms with Gasteiger partial charge in [0.15, 0.2) is 0 Å². The van der Waals surface area contributed by atoms with E-state index in [0.29, 0.717) is 22.9 Å². The molecule has 3 aromatic carbocycles. The fourth-order valence-electron chi connectivity index (χ4n) is 4.70. The van der Waals surface area contributed by atoms with E-state index in [1.165, 1.54) is 5.56 Å². The van der Waals surface area contributed by atoms with Crippen molar-refractivity contribution in [3.05, 3.63) is 98.5 Å². The van der Waals surface area contributed by atoms with E-state index >= 15 is 0 Å². The van der Waals surface area contributed by atoms with Crippen LogP contribution >= 0.6 is 15.9 Å². The van der Waals surface area contributed by atoms with Crippen LogP contribution in [0.1, 0.15) is 56.8 Å². The van der Waals surface area contributed by atoms with Crippen molar-refractivity contribution in [1.82, 2.24) is 20.8 Å². The van der Waals surface area contributed by atoms with Crippen LogP contribution < -0.4 is 16.1 Å². The predicted octanol–water partition coefficient (Wildman–Crippen LogP) is 5.11. The van der Waals surface area contributed by atoms with E-state index in [1.54, 1.807) is 24.4 Å². The summed E-state index contributed by atoms with van der Waals surface area (Å²) < 4.78 is 0.719. The molecule has 3 N–H and O–H groups in total. The minimum absolute atomic E-state index is 0.289. The maximum atomic E-state index is 13.0. The van der Waals surface area contributed by atoms with E-state index in [4.69, 9.17) is 0 Å². The van der Waals surface area contributed by atoms with Gasteiger partial charge in [-0.3, -0.25) is 9.59 Å². The molecule has 1 fully saturated rings. The summed E-state index contributed by atoms with van der Waals surface area (Å²) in [5.74, 6) is -0.712. The highest BCUT2D eigenvalue weighted by molar-refractivity contribution is 9.10. The minimum Gasteiger partial charge on any atom is -0.321 e. The molecule has 0 atom stereocenters. The number of hydrogen-bond donors (Lipinski definition) is 3. The second kappa shape index (κ2) is 13.8. The molecule has 40 heavy (non-hydrogen) atoms. The zero-order valence-electron chi connectivity index (χ0n) is 23.5. The molecule has 4 rings (SSSR count). The van der Waals surface area contributed by atoms with Crippen LogP contribution in [0, 0.1) is 13.8 Å². The van der Waals surface area contributed by atoms with Crippen LogP contribution in [-0.2, 0) is 6.54 Å². The first-order valence-corrected chi connectivity index (χ1v) is 14.4. The standard InChI is InChI=1S/C31H37BrN6O2/c1-5-37-19-27(20-38(37)6-2)33-17-23-9-11-25(12-10-23)30(39)35-29-14-13-26(32)16-28(29)31(40)36-34-18-24-8-7-21(3)22(4)15-24/h7-16,18,27,33H,5-6,17,19-20H2,1-4H3,(H,35,39)(H,36,40)/b34-18+. The number of amides is 2. The lowest BCUT2D eigenvalue weighted by Crippen LogP contribution is -2.35. The number of aryl methyl sites for hydroxylation is 2. The fourth-order valence-corrected chi connectivity index (χ4v) is 5.06. The van der Waals surface area contributed by atoms with Gasteiger partial charge >= 0.3 is 0 Å². The van der Waals surface area contributed by atoms with Crippen molar-refractivity contribution in [2.75, 3.05) is 31.5 Å². The van der Waals surface area contributed by atoms with Crippen molar-refractivity contribution in [2.45, 2.75) is 40.3 Å². The third kappa shape index (κ3) is 7.63. The number of carbonyl (C=O) groups excluding carboxylic acids is 2. The van der Waals surface area contributed by atoms with Crippen molar-refractivity contribution in [1.29, 1.82) is 0 Å².